The topological polar surface area (TPSA) is 58.6 Å². The molecule has 3 aromatic carbocycles. The number of carbonyl (C=O) groups excluding carboxylic acids is 2. The molecule has 1 fully saturated rings. The minimum absolute atomic E-state index is 0.122. The zero-order chi connectivity index (χ0) is 27.6. The number of nitrogens with zero attached hydrogens (tertiary/aromatic N) is 1. The van der Waals surface area contributed by atoms with Gasteiger partial charge in [-0.25, -0.2) is 0 Å². The first-order chi connectivity index (χ1) is 18.9. The van der Waals surface area contributed by atoms with Gasteiger partial charge in [0.25, 0.3) is 5.91 Å². The van der Waals surface area contributed by atoms with Crippen LogP contribution in [-0.4, -0.2) is 35.4 Å². The molecule has 0 spiro atoms. The number of carbonyl (C=O) groups is 2. The van der Waals surface area contributed by atoms with Crippen LogP contribution >= 0.6 is 11.6 Å². The standard InChI is InChI=1S/C33H39ClN2O3/c1-24(2)29-18-9-10-19-31(29)39-23-32(37)36(22-26-14-11-15-27(34)20-26)30(21-25-12-5-3-6-13-25)33(38)35-28-16-7-4-8-17-28/h3,5-6,9-15,18-20,24,28,30H,4,7-8,16-17,21-23H2,1-2H3,(H,35,38)/t30-/m1/s1. The molecular formula is C33H39ClN2O3. The van der Waals surface area contributed by atoms with Crippen molar-refractivity contribution in [2.24, 2.45) is 0 Å². The van der Waals surface area contributed by atoms with E-state index in [4.69, 9.17) is 16.3 Å². The molecule has 0 saturated heterocycles. The van der Waals surface area contributed by atoms with Crippen molar-refractivity contribution in [1.29, 1.82) is 0 Å². The fourth-order valence-corrected chi connectivity index (χ4v) is 5.45. The van der Waals surface area contributed by atoms with Crippen LogP contribution in [0.25, 0.3) is 0 Å². The smallest absolute Gasteiger partial charge is 0.261 e. The maximum Gasteiger partial charge on any atom is 0.261 e. The SMILES string of the molecule is CC(C)c1ccccc1OCC(=O)N(Cc1cccc(Cl)c1)[C@H](Cc1ccccc1)C(=O)NC1CCCCC1. The molecule has 1 saturated carbocycles. The summed E-state index contributed by atoms with van der Waals surface area (Å²) in [6.07, 6.45) is 5.79. The lowest BCUT2D eigenvalue weighted by Gasteiger charge is -2.33. The van der Waals surface area contributed by atoms with Crippen LogP contribution < -0.4 is 10.1 Å². The van der Waals surface area contributed by atoms with Gasteiger partial charge in [-0.1, -0.05) is 105 Å². The lowest BCUT2D eigenvalue weighted by atomic mass is 9.94. The molecule has 0 aliphatic heterocycles. The van der Waals surface area contributed by atoms with Gasteiger partial charge < -0.3 is 15.0 Å². The number of rotatable bonds is 11. The van der Waals surface area contributed by atoms with Crippen molar-refractivity contribution >= 4 is 23.4 Å². The lowest BCUT2D eigenvalue weighted by molar-refractivity contribution is -0.143. The largest absolute Gasteiger partial charge is 0.483 e. The Morgan fingerprint density at radius 2 is 1.62 bits per heavy atom. The summed E-state index contributed by atoms with van der Waals surface area (Å²) in [7, 11) is 0. The van der Waals surface area contributed by atoms with Crippen LogP contribution in [0.5, 0.6) is 5.75 Å². The highest BCUT2D eigenvalue weighted by Crippen LogP contribution is 2.26. The Labute approximate surface area is 237 Å². The van der Waals surface area contributed by atoms with E-state index < -0.39 is 6.04 Å². The number of nitrogens with one attached hydrogen (secondary N) is 1. The highest BCUT2D eigenvalue weighted by atomic mass is 35.5. The van der Waals surface area contributed by atoms with Crippen LogP contribution in [0.1, 0.15) is 68.6 Å². The molecule has 206 valence electrons. The van der Waals surface area contributed by atoms with Gasteiger partial charge in [0.2, 0.25) is 5.91 Å². The zero-order valence-corrected chi connectivity index (χ0v) is 23.7. The molecule has 1 aliphatic carbocycles. The first kappa shape index (κ1) is 28.7. The summed E-state index contributed by atoms with van der Waals surface area (Å²) >= 11 is 6.29. The zero-order valence-electron chi connectivity index (χ0n) is 22.9. The molecule has 0 aromatic heterocycles. The minimum Gasteiger partial charge on any atom is -0.483 e. The Bertz CT molecular complexity index is 1220. The second-order valence-corrected chi connectivity index (χ2v) is 11.1. The number of para-hydroxylation sites is 1. The van der Waals surface area contributed by atoms with Crippen LogP contribution in [0.15, 0.2) is 78.9 Å². The van der Waals surface area contributed by atoms with E-state index in [1.807, 2.05) is 72.8 Å². The quantitative estimate of drug-likeness (QED) is 0.283. The third-order valence-electron chi connectivity index (χ3n) is 7.36. The van der Waals surface area contributed by atoms with E-state index in [1.165, 1.54) is 6.42 Å². The highest BCUT2D eigenvalue weighted by Gasteiger charge is 2.32. The lowest BCUT2D eigenvalue weighted by Crippen LogP contribution is -2.53. The molecule has 0 heterocycles. The Morgan fingerprint density at radius 3 is 2.33 bits per heavy atom. The number of ether oxygens (including phenoxy) is 1. The van der Waals surface area contributed by atoms with Gasteiger partial charge in [0.1, 0.15) is 11.8 Å². The number of halogens is 1. The van der Waals surface area contributed by atoms with Crippen LogP contribution in [0.3, 0.4) is 0 Å². The molecule has 2 amide bonds. The molecule has 5 nitrogen and oxygen atoms in total. The molecular weight excluding hydrogens is 508 g/mol. The van der Waals surface area contributed by atoms with E-state index in [0.717, 1.165) is 42.4 Å². The van der Waals surface area contributed by atoms with Gasteiger partial charge in [-0.2, -0.15) is 0 Å². The molecule has 39 heavy (non-hydrogen) atoms. The molecule has 4 rings (SSSR count). The average molecular weight is 547 g/mol. The summed E-state index contributed by atoms with van der Waals surface area (Å²) in [5, 5.41) is 3.86. The summed E-state index contributed by atoms with van der Waals surface area (Å²) in [4.78, 5) is 29.4. The van der Waals surface area contributed by atoms with Gasteiger partial charge in [0.05, 0.1) is 0 Å². The fourth-order valence-electron chi connectivity index (χ4n) is 5.24. The molecule has 0 radical (unpaired) electrons. The summed E-state index contributed by atoms with van der Waals surface area (Å²) < 4.78 is 6.08. The van der Waals surface area contributed by atoms with Crippen molar-refractivity contribution in [3.63, 3.8) is 0 Å². The third-order valence-corrected chi connectivity index (χ3v) is 7.59. The van der Waals surface area contributed by atoms with E-state index in [0.29, 0.717) is 17.2 Å². The summed E-state index contributed by atoms with van der Waals surface area (Å²) in [6, 6.07) is 24.6. The summed E-state index contributed by atoms with van der Waals surface area (Å²) in [5.41, 5.74) is 2.90. The van der Waals surface area contributed by atoms with Crippen molar-refractivity contribution in [3.05, 3.63) is 101 Å². The van der Waals surface area contributed by atoms with Crippen molar-refractivity contribution in [1.82, 2.24) is 10.2 Å². The molecule has 3 aromatic rings. The predicted molar refractivity (Wildman–Crippen MR) is 157 cm³/mol. The predicted octanol–water partition coefficient (Wildman–Crippen LogP) is 6.93. The average Bonchev–Trinajstić information content (AvgIpc) is 2.95. The van der Waals surface area contributed by atoms with E-state index in [1.54, 1.807) is 11.0 Å². The maximum atomic E-state index is 13.9. The van der Waals surface area contributed by atoms with E-state index >= 15 is 0 Å². The Hall–Kier alpha value is -3.31. The Balaban J connectivity index is 1.63. The van der Waals surface area contributed by atoms with Crippen LogP contribution in [-0.2, 0) is 22.6 Å². The molecule has 0 bridgehead atoms. The minimum atomic E-state index is -0.690. The summed E-state index contributed by atoms with van der Waals surface area (Å²) in [5.74, 6) is 0.581. The molecule has 1 aliphatic rings. The van der Waals surface area contributed by atoms with Gasteiger partial charge in [-0.15, -0.1) is 0 Å². The van der Waals surface area contributed by atoms with Crippen LogP contribution in [0.4, 0.5) is 0 Å². The highest BCUT2D eigenvalue weighted by molar-refractivity contribution is 6.30. The molecule has 1 N–H and O–H groups in total. The maximum absolute atomic E-state index is 13.9. The Morgan fingerprint density at radius 1 is 0.923 bits per heavy atom. The number of hydrogen-bond acceptors (Lipinski definition) is 3. The van der Waals surface area contributed by atoms with Gasteiger partial charge >= 0.3 is 0 Å². The van der Waals surface area contributed by atoms with E-state index in [9.17, 15) is 9.59 Å². The molecule has 0 unspecified atom stereocenters. The van der Waals surface area contributed by atoms with Crippen molar-refractivity contribution in [2.45, 2.75) is 76.9 Å². The molecule has 6 heteroatoms. The normalized spacial score (nSPS) is 14.6. The third kappa shape index (κ3) is 8.34. The monoisotopic (exact) mass is 546 g/mol. The van der Waals surface area contributed by atoms with E-state index in [-0.39, 0.29) is 36.9 Å². The number of benzene rings is 3. The van der Waals surface area contributed by atoms with Crippen LogP contribution in [0, 0.1) is 0 Å². The second-order valence-electron chi connectivity index (χ2n) is 10.7. The van der Waals surface area contributed by atoms with Crippen molar-refractivity contribution in [2.75, 3.05) is 6.61 Å². The van der Waals surface area contributed by atoms with Crippen molar-refractivity contribution in [3.8, 4) is 5.75 Å². The fraction of sp³-hybridized carbons (Fsp3) is 0.394. The van der Waals surface area contributed by atoms with Gasteiger partial charge in [-0.05, 0) is 53.6 Å². The summed E-state index contributed by atoms with van der Waals surface area (Å²) in [6.45, 7) is 4.29. The van der Waals surface area contributed by atoms with Gasteiger partial charge in [-0.3, -0.25) is 9.59 Å². The second kappa shape index (κ2) is 14.2. The Kier molecular flexibility index (Phi) is 10.4. The number of amides is 2. The van der Waals surface area contributed by atoms with E-state index in [2.05, 4.69) is 19.2 Å². The van der Waals surface area contributed by atoms with Gasteiger partial charge in [0.15, 0.2) is 6.61 Å². The number of hydrogen-bond donors (Lipinski definition) is 1. The van der Waals surface area contributed by atoms with Crippen LogP contribution in [0.2, 0.25) is 5.02 Å². The first-order valence-electron chi connectivity index (χ1n) is 14.0. The molecule has 1 atom stereocenters. The van der Waals surface area contributed by atoms with Crippen molar-refractivity contribution < 1.29 is 14.3 Å². The first-order valence-corrected chi connectivity index (χ1v) is 14.4. The van der Waals surface area contributed by atoms with Gasteiger partial charge in [0, 0.05) is 24.0 Å².